The first-order chi connectivity index (χ1) is 10.8. The van der Waals surface area contributed by atoms with Gasteiger partial charge in [-0.2, -0.15) is 0 Å². The van der Waals surface area contributed by atoms with Crippen LogP contribution in [0.3, 0.4) is 0 Å². The molecule has 2 aromatic carbocycles. The topological polar surface area (TPSA) is 57.0 Å². The van der Waals surface area contributed by atoms with E-state index in [-0.39, 0.29) is 6.61 Å². The Morgan fingerprint density at radius 2 is 1.82 bits per heavy atom. The van der Waals surface area contributed by atoms with Crippen LogP contribution in [0.15, 0.2) is 54.6 Å². The number of carbonyl (C=O) groups excluding carboxylic acids is 1. The Balaban J connectivity index is 1.94. The number of rotatable bonds is 5. The highest BCUT2D eigenvalue weighted by atomic mass is 16.5. The summed E-state index contributed by atoms with van der Waals surface area (Å²) in [5.74, 6) is 0.733. The third-order valence-electron chi connectivity index (χ3n) is 3.37. The van der Waals surface area contributed by atoms with Gasteiger partial charge in [0, 0.05) is 0 Å². The Bertz CT molecular complexity index is 782. The number of aromatic nitrogens is 3. The van der Waals surface area contributed by atoms with Crippen LogP contribution in [0.5, 0.6) is 5.75 Å². The molecule has 0 unspecified atom stereocenters. The zero-order valence-corrected chi connectivity index (χ0v) is 12.1. The zero-order valence-electron chi connectivity index (χ0n) is 12.1. The minimum Gasteiger partial charge on any atom is -0.487 e. The number of para-hydroxylation sites is 2. The van der Waals surface area contributed by atoms with Gasteiger partial charge in [-0.3, -0.25) is 4.79 Å². The number of hydrogen-bond donors (Lipinski definition) is 0. The first kappa shape index (κ1) is 14.0. The first-order valence-corrected chi connectivity index (χ1v) is 6.93. The molecular weight excluding hydrogens is 278 g/mol. The summed E-state index contributed by atoms with van der Waals surface area (Å²) in [6.07, 6.45) is 0.700. The van der Waals surface area contributed by atoms with Crippen molar-refractivity contribution in [1.29, 1.82) is 0 Å². The summed E-state index contributed by atoms with van der Waals surface area (Å²) >= 11 is 0. The van der Waals surface area contributed by atoms with Crippen molar-refractivity contribution in [3.8, 4) is 11.4 Å². The maximum atomic E-state index is 11.2. The van der Waals surface area contributed by atoms with Crippen molar-refractivity contribution in [3.63, 3.8) is 0 Å². The molecule has 0 fully saturated rings. The summed E-state index contributed by atoms with van der Waals surface area (Å²) in [4.78, 5) is 11.2. The molecule has 5 heteroatoms. The Hall–Kier alpha value is -2.95. The number of aryl methyl sites for hydroxylation is 1. The fourth-order valence-corrected chi connectivity index (χ4v) is 2.20. The van der Waals surface area contributed by atoms with E-state index < -0.39 is 0 Å². The van der Waals surface area contributed by atoms with Crippen molar-refractivity contribution in [2.75, 3.05) is 0 Å². The van der Waals surface area contributed by atoms with Crippen LogP contribution in [0.25, 0.3) is 5.69 Å². The molecule has 1 heterocycles. The second kappa shape index (κ2) is 6.22. The van der Waals surface area contributed by atoms with Gasteiger partial charge in [0.05, 0.1) is 5.69 Å². The maximum absolute atomic E-state index is 11.2. The van der Waals surface area contributed by atoms with E-state index in [2.05, 4.69) is 10.3 Å². The molecule has 0 saturated heterocycles. The van der Waals surface area contributed by atoms with Gasteiger partial charge in [-0.15, -0.1) is 5.10 Å². The smallest absolute Gasteiger partial charge is 0.172 e. The van der Waals surface area contributed by atoms with Gasteiger partial charge < -0.3 is 4.74 Å². The van der Waals surface area contributed by atoms with Gasteiger partial charge in [0.15, 0.2) is 12.0 Å². The Morgan fingerprint density at radius 3 is 2.55 bits per heavy atom. The molecule has 3 rings (SSSR count). The molecule has 110 valence electrons. The third-order valence-corrected chi connectivity index (χ3v) is 3.37. The average Bonchev–Trinajstić information content (AvgIpc) is 2.97. The molecule has 0 spiro atoms. The molecule has 0 bridgehead atoms. The quantitative estimate of drug-likeness (QED) is 0.679. The molecule has 0 aliphatic heterocycles. The van der Waals surface area contributed by atoms with E-state index >= 15 is 0 Å². The van der Waals surface area contributed by atoms with Crippen LogP contribution in [-0.4, -0.2) is 21.3 Å². The molecule has 22 heavy (non-hydrogen) atoms. The molecule has 0 aliphatic carbocycles. The van der Waals surface area contributed by atoms with Crippen molar-refractivity contribution in [2.45, 2.75) is 13.5 Å². The molecule has 0 amide bonds. The number of aldehydes is 1. The number of hydrogen-bond acceptors (Lipinski definition) is 4. The van der Waals surface area contributed by atoms with Gasteiger partial charge in [-0.1, -0.05) is 41.6 Å². The van der Waals surface area contributed by atoms with Crippen molar-refractivity contribution in [1.82, 2.24) is 15.0 Å². The SMILES string of the molecule is Cc1ccccc1-n1nnc(C=O)c1COc1ccccc1. The predicted molar refractivity (Wildman–Crippen MR) is 82.3 cm³/mol. The Kier molecular flexibility index (Phi) is 3.96. The second-order valence-electron chi connectivity index (χ2n) is 4.84. The summed E-state index contributed by atoms with van der Waals surface area (Å²) in [5.41, 5.74) is 2.85. The summed E-state index contributed by atoms with van der Waals surface area (Å²) in [6, 6.07) is 17.2. The highest BCUT2D eigenvalue weighted by molar-refractivity contribution is 5.73. The van der Waals surface area contributed by atoms with Gasteiger partial charge in [0.1, 0.15) is 18.1 Å². The lowest BCUT2D eigenvalue weighted by molar-refractivity contribution is 0.111. The van der Waals surface area contributed by atoms with Crippen LogP contribution in [0.4, 0.5) is 0 Å². The number of ether oxygens (including phenoxy) is 1. The van der Waals surface area contributed by atoms with Crippen LogP contribution in [0, 0.1) is 6.92 Å². The summed E-state index contributed by atoms with van der Waals surface area (Å²) in [7, 11) is 0. The normalized spacial score (nSPS) is 10.4. The highest BCUT2D eigenvalue weighted by Gasteiger charge is 2.15. The largest absolute Gasteiger partial charge is 0.487 e. The molecule has 0 saturated carbocycles. The molecule has 0 N–H and O–H groups in total. The van der Waals surface area contributed by atoms with E-state index in [1.807, 2.05) is 61.5 Å². The van der Waals surface area contributed by atoms with Gasteiger partial charge in [0.25, 0.3) is 0 Å². The summed E-state index contributed by atoms with van der Waals surface area (Å²) in [6.45, 7) is 2.21. The predicted octanol–water partition coefficient (Wildman–Crippen LogP) is 2.97. The van der Waals surface area contributed by atoms with Gasteiger partial charge in [0.2, 0.25) is 0 Å². The fourth-order valence-electron chi connectivity index (χ4n) is 2.20. The Morgan fingerprint density at radius 1 is 1.09 bits per heavy atom. The van der Waals surface area contributed by atoms with Crippen molar-refractivity contribution >= 4 is 6.29 Å². The van der Waals surface area contributed by atoms with Crippen molar-refractivity contribution in [3.05, 3.63) is 71.5 Å². The van der Waals surface area contributed by atoms with Crippen LogP contribution >= 0.6 is 0 Å². The fraction of sp³-hybridized carbons (Fsp3) is 0.118. The third kappa shape index (κ3) is 2.74. The highest BCUT2D eigenvalue weighted by Crippen LogP contribution is 2.18. The molecule has 0 radical (unpaired) electrons. The van der Waals surface area contributed by atoms with Crippen LogP contribution < -0.4 is 4.74 Å². The number of carbonyl (C=O) groups is 1. The number of nitrogens with zero attached hydrogens (tertiary/aromatic N) is 3. The summed E-state index contributed by atoms with van der Waals surface area (Å²) < 4.78 is 7.39. The molecule has 0 atom stereocenters. The molecule has 3 aromatic rings. The molecule has 5 nitrogen and oxygen atoms in total. The van der Waals surface area contributed by atoms with Crippen LogP contribution in [0.1, 0.15) is 21.7 Å². The van der Waals surface area contributed by atoms with E-state index in [1.165, 1.54) is 0 Å². The van der Waals surface area contributed by atoms with E-state index in [9.17, 15) is 4.79 Å². The zero-order chi connectivity index (χ0) is 15.4. The van der Waals surface area contributed by atoms with Gasteiger partial charge in [-0.05, 0) is 30.7 Å². The van der Waals surface area contributed by atoms with Crippen molar-refractivity contribution < 1.29 is 9.53 Å². The lowest BCUT2D eigenvalue weighted by atomic mass is 10.2. The van der Waals surface area contributed by atoms with E-state index in [0.717, 1.165) is 17.0 Å². The Labute approximate surface area is 128 Å². The first-order valence-electron chi connectivity index (χ1n) is 6.93. The molecule has 0 aliphatic rings. The summed E-state index contributed by atoms with van der Waals surface area (Å²) in [5, 5.41) is 8.02. The van der Waals surface area contributed by atoms with Gasteiger partial charge in [-0.25, -0.2) is 4.68 Å². The van der Waals surface area contributed by atoms with Crippen molar-refractivity contribution in [2.24, 2.45) is 0 Å². The second-order valence-corrected chi connectivity index (χ2v) is 4.84. The van der Waals surface area contributed by atoms with Crippen LogP contribution in [0.2, 0.25) is 0 Å². The lowest BCUT2D eigenvalue weighted by Gasteiger charge is -2.10. The van der Waals surface area contributed by atoms with E-state index in [0.29, 0.717) is 17.7 Å². The minimum atomic E-state index is 0.222. The van der Waals surface area contributed by atoms with Gasteiger partial charge >= 0.3 is 0 Å². The van der Waals surface area contributed by atoms with Crippen LogP contribution in [-0.2, 0) is 6.61 Å². The monoisotopic (exact) mass is 293 g/mol. The standard InChI is InChI=1S/C17H15N3O2/c1-13-7-5-6-10-16(13)20-17(15(11-21)18-19-20)12-22-14-8-3-2-4-9-14/h2-11H,12H2,1H3. The number of benzene rings is 2. The lowest BCUT2D eigenvalue weighted by Crippen LogP contribution is -2.08. The molecule has 1 aromatic heterocycles. The molecular formula is C17H15N3O2. The van der Waals surface area contributed by atoms with E-state index in [4.69, 9.17) is 4.74 Å². The minimum absolute atomic E-state index is 0.222. The maximum Gasteiger partial charge on any atom is 0.172 e. The van der Waals surface area contributed by atoms with E-state index in [1.54, 1.807) is 4.68 Å². The average molecular weight is 293 g/mol.